The van der Waals surface area contributed by atoms with Crippen LogP contribution in [0.1, 0.15) is 0 Å². The van der Waals surface area contributed by atoms with Gasteiger partial charge in [0, 0.05) is 49.6 Å². The maximum absolute atomic E-state index is 3.60. The van der Waals surface area contributed by atoms with E-state index in [0.717, 1.165) is 0 Å². The van der Waals surface area contributed by atoms with Crippen molar-refractivity contribution in [2.24, 2.45) is 0 Å². The van der Waals surface area contributed by atoms with Crippen molar-refractivity contribution in [3.63, 3.8) is 0 Å². The van der Waals surface area contributed by atoms with Crippen molar-refractivity contribution in [1.29, 1.82) is 0 Å². The van der Waals surface area contributed by atoms with Crippen molar-refractivity contribution >= 4 is 0 Å². The number of nitrogens with one attached hydrogen (secondary N) is 4. The number of nitrogens with zero attached hydrogens (tertiary/aromatic N) is 4. The van der Waals surface area contributed by atoms with Crippen molar-refractivity contribution in [2.75, 3.05) is 0 Å². The Hall–Kier alpha value is -3.16. The van der Waals surface area contributed by atoms with E-state index >= 15 is 0 Å². The Labute approximate surface area is 115 Å². The number of hydrogen-bond donors (Lipinski definition) is 4. The average Bonchev–Trinajstić information content (AvgIpc) is 3.40. The lowest BCUT2D eigenvalue weighted by Gasteiger charge is -1.49. The average molecular weight is 272 g/mol. The second kappa shape index (κ2) is 12.3. The van der Waals surface area contributed by atoms with Gasteiger partial charge in [0.15, 0.2) is 0 Å². The third-order valence-electron chi connectivity index (χ3n) is 1.62. The van der Waals surface area contributed by atoms with Crippen molar-refractivity contribution < 1.29 is 0 Å². The van der Waals surface area contributed by atoms with Gasteiger partial charge < -0.3 is 0 Å². The summed E-state index contributed by atoms with van der Waals surface area (Å²) in [6.45, 7) is 0. The molecule has 0 amide bonds. The lowest BCUT2D eigenvalue weighted by atomic mass is 10.8. The fourth-order valence-corrected chi connectivity index (χ4v) is 0.861. The van der Waals surface area contributed by atoms with E-state index in [1.165, 1.54) is 0 Å². The molecule has 0 saturated carbocycles. The zero-order valence-electron chi connectivity index (χ0n) is 10.7. The van der Waals surface area contributed by atoms with E-state index in [-0.39, 0.29) is 0 Å². The first-order valence-electron chi connectivity index (χ1n) is 5.75. The van der Waals surface area contributed by atoms with E-state index < -0.39 is 0 Å². The molecule has 4 rings (SSSR count). The zero-order valence-corrected chi connectivity index (χ0v) is 10.7. The van der Waals surface area contributed by atoms with Gasteiger partial charge in [-0.05, 0) is 24.3 Å². The Bertz CT molecular complexity index is 350. The van der Waals surface area contributed by atoms with Gasteiger partial charge in [-0.2, -0.15) is 20.4 Å². The highest BCUT2D eigenvalue weighted by atomic mass is 15.1. The first-order valence-corrected chi connectivity index (χ1v) is 5.75. The summed E-state index contributed by atoms with van der Waals surface area (Å²) < 4.78 is 0. The molecule has 4 N–H and O–H groups in total. The molecule has 0 aliphatic heterocycles. The van der Waals surface area contributed by atoms with Crippen LogP contribution in [0.4, 0.5) is 0 Å². The van der Waals surface area contributed by atoms with Gasteiger partial charge >= 0.3 is 0 Å². The van der Waals surface area contributed by atoms with Gasteiger partial charge in [-0.1, -0.05) is 0 Å². The predicted molar refractivity (Wildman–Crippen MR) is 74.4 cm³/mol. The van der Waals surface area contributed by atoms with E-state index in [2.05, 4.69) is 40.8 Å². The fraction of sp³-hybridized carbons (Fsp3) is 0. The molecule has 0 bridgehead atoms. The molecule has 8 heteroatoms. The highest BCUT2D eigenvalue weighted by molar-refractivity contribution is 4.73. The second-order valence-corrected chi connectivity index (χ2v) is 3.07. The van der Waals surface area contributed by atoms with E-state index in [9.17, 15) is 0 Å². The molecule has 0 radical (unpaired) electrons. The Kier molecular flexibility index (Phi) is 9.16. The molecular formula is C12H16N8. The summed E-state index contributed by atoms with van der Waals surface area (Å²) in [4.78, 5) is 0. The first kappa shape index (κ1) is 14.9. The maximum atomic E-state index is 3.60. The van der Waals surface area contributed by atoms with Crippen molar-refractivity contribution in [2.45, 2.75) is 0 Å². The Morgan fingerprint density at radius 2 is 0.650 bits per heavy atom. The van der Waals surface area contributed by atoms with Gasteiger partial charge in [-0.3, -0.25) is 20.4 Å². The molecule has 0 saturated heterocycles. The highest BCUT2D eigenvalue weighted by Gasteiger charge is 1.58. The van der Waals surface area contributed by atoms with Crippen LogP contribution in [0.15, 0.2) is 73.8 Å². The molecule has 0 unspecified atom stereocenters. The minimum Gasteiger partial charge on any atom is -0.286 e. The fourth-order valence-electron chi connectivity index (χ4n) is 0.861. The van der Waals surface area contributed by atoms with Crippen LogP contribution >= 0.6 is 0 Å². The van der Waals surface area contributed by atoms with Crippen LogP contribution in [0.2, 0.25) is 0 Å². The summed E-state index contributed by atoms with van der Waals surface area (Å²) in [6.07, 6.45) is 13.8. The molecule has 0 aliphatic rings. The first-order chi connectivity index (χ1) is 10.0. The van der Waals surface area contributed by atoms with Crippen molar-refractivity contribution in [3.05, 3.63) is 73.8 Å². The zero-order chi connectivity index (χ0) is 14.1. The molecule has 8 nitrogen and oxygen atoms in total. The summed E-state index contributed by atoms with van der Waals surface area (Å²) >= 11 is 0. The second-order valence-electron chi connectivity index (χ2n) is 3.07. The Morgan fingerprint density at radius 1 is 0.400 bits per heavy atom. The molecule has 0 aromatic carbocycles. The van der Waals surface area contributed by atoms with Crippen LogP contribution < -0.4 is 0 Å². The topological polar surface area (TPSA) is 115 Å². The third-order valence-corrected chi connectivity index (χ3v) is 1.62. The van der Waals surface area contributed by atoms with Crippen LogP contribution in [0.3, 0.4) is 0 Å². The normalized spacial score (nSPS) is 8.00. The smallest absolute Gasteiger partial charge is 0.0487 e. The van der Waals surface area contributed by atoms with Crippen molar-refractivity contribution in [3.8, 4) is 0 Å². The minimum atomic E-state index is 1.69. The van der Waals surface area contributed by atoms with Gasteiger partial charge in [0.2, 0.25) is 0 Å². The molecule has 0 aliphatic carbocycles. The lowest BCUT2D eigenvalue weighted by Crippen LogP contribution is -1.53. The van der Waals surface area contributed by atoms with Gasteiger partial charge in [0.05, 0.1) is 0 Å². The molecule has 104 valence electrons. The Morgan fingerprint density at radius 3 is 0.700 bits per heavy atom. The summed E-state index contributed by atoms with van der Waals surface area (Å²) in [5.74, 6) is 0. The summed E-state index contributed by atoms with van der Waals surface area (Å²) in [5, 5.41) is 24.8. The van der Waals surface area contributed by atoms with Gasteiger partial charge in [0.25, 0.3) is 0 Å². The van der Waals surface area contributed by atoms with Gasteiger partial charge in [0.1, 0.15) is 0 Å². The number of aromatic amines is 4. The third kappa shape index (κ3) is 10.0. The van der Waals surface area contributed by atoms with Crippen LogP contribution in [0, 0.1) is 0 Å². The van der Waals surface area contributed by atoms with E-state index in [4.69, 9.17) is 0 Å². The van der Waals surface area contributed by atoms with E-state index in [1.807, 2.05) is 24.3 Å². The number of aromatic nitrogens is 8. The Balaban J connectivity index is 0.000000133. The standard InChI is InChI=1S/4C3H4N2/c4*1-2-4-5-3-1/h4*1-3H,(H,4,5). The molecule has 0 atom stereocenters. The number of rotatable bonds is 0. The number of H-pyrrole nitrogens is 4. The van der Waals surface area contributed by atoms with Gasteiger partial charge in [-0.15, -0.1) is 0 Å². The molecule has 20 heavy (non-hydrogen) atoms. The van der Waals surface area contributed by atoms with Crippen LogP contribution in [0.5, 0.6) is 0 Å². The largest absolute Gasteiger partial charge is 0.286 e. The lowest BCUT2D eigenvalue weighted by molar-refractivity contribution is 1.09. The predicted octanol–water partition coefficient (Wildman–Crippen LogP) is 1.64. The quantitative estimate of drug-likeness (QED) is 0.389. The summed E-state index contributed by atoms with van der Waals surface area (Å²) in [6, 6.07) is 7.33. The van der Waals surface area contributed by atoms with Crippen molar-refractivity contribution in [1.82, 2.24) is 40.8 Å². The molecule has 4 aromatic rings. The highest BCUT2D eigenvalue weighted by Crippen LogP contribution is 1.66. The minimum absolute atomic E-state index is 1.69. The molecule has 0 spiro atoms. The van der Waals surface area contributed by atoms with Crippen LogP contribution in [0.25, 0.3) is 0 Å². The van der Waals surface area contributed by atoms with E-state index in [1.54, 1.807) is 49.6 Å². The van der Waals surface area contributed by atoms with E-state index in [0.29, 0.717) is 0 Å². The van der Waals surface area contributed by atoms with Crippen LogP contribution in [-0.2, 0) is 0 Å². The van der Waals surface area contributed by atoms with Crippen LogP contribution in [-0.4, -0.2) is 40.8 Å². The summed E-state index contributed by atoms with van der Waals surface area (Å²) in [7, 11) is 0. The molecule has 0 fully saturated rings. The molecule has 4 heterocycles. The molecular weight excluding hydrogens is 256 g/mol. The van der Waals surface area contributed by atoms with Gasteiger partial charge in [-0.25, -0.2) is 0 Å². The monoisotopic (exact) mass is 272 g/mol. The molecule has 4 aromatic heterocycles. The maximum Gasteiger partial charge on any atom is 0.0487 e. The number of hydrogen-bond acceptors (Lipinski definition) is 4. The summed E-state index contributed by atoms with van der Waals surface area (Å²) in [5.41, 5.74) is 0. The SMILES string of the molecule is c1cn[nH]c1.c1cn[nH]c1.c1cn[nH]c1.c1cn[nH]c1.